The molecule has 0 bridgehead atoms. The van der Waals surface area contributed by atoms with Crippen molar-refractivity contribution in [2.24, 2.45) is 0 Å². The molecule has 0 aliphatic carbocycles. The highest BCUT2D eigenvalue weighted by Gasteiger charge is 2.32. The van der Waals surface area contributed by atoms with Gasteiger partial charge in [-0.2, -0.15) is 0 Å². The largest absolute Gasteiger partial charge is 0.388 e. The molecule has 1 amide bonds. The number of aliphatic hydroxyl groups is 2. The summed E-state index contributed by atoms with van der Waals surface area (Å²) in [5, 5.41) is 22.3. The van der Waals surface area contributed by atoms with Gasteiger partial charge in [0, 0.05) is 13.1 Å². The van der Waals surface area contributed by atoms with E-state index in [2.05, 4.69) is 10.1 Å². The Morgan fingerprint density at radius 1 is 1.50 bits per heavy atom. The number of hydrogen-bond acceptors (Lipinski definition) is 6. The Morgan fingerprint density at radius 3 is 2.62 bits per heavy atom. The maximum atomic E-state index is 11.7. The molecule has 16 heavy (non-hydrogen) atoms. The van der Waals surface area contributed by atoms with Gasteiger partial charge in [0.1, 0.15) is 12.9 Å². The average molecular weight is 227 g/mol. The zero-order chi connectivity index (χ0) is 11.7. The highest BCUT2D eigenvalue weighted by Crippen LogP contribution is 2.10. The van der Waals surface area contributed by atoms with Crippen molar-refractivity contribution >= 4 is 11.9 Å². The van der Waals surface area contributed by atoms with Gasteiger partial charge in [0.05, 0.1) is 12.2 Å². The molecule has 8 heteroatoms. The topological polar surface area (TPSA) is 118 Å². The van der Waals surface area contributed by atoms with Crippen LogP contribution in [0.2, 0.25) is 0 Å². The molecule has 1 fully saturated rings. The number of likely N-dealkylation sites (tertiary alicyclic amines) is 1. The first-order valence-corrected chi connectivity index (χ1v) is 4.85. The number of hydrogen-bond donors (Lipinski definition) is 3. The summed E-state index contributed by atoms with van der Waals surface area (Å²) in [6.45, 7) is 0.290. The molecular weight excluding hydrogens is 214 g/mol. The number of carbonyl (C=O) groups is 1. The van der Waals surface area contributed by atoms with E-state index >= 15 is 0 Å². The second kappa shape index (κ2) is 4.06. The summed E-state index contributed by atoms with van der Waals surface area (Å²) in [6.07, 6.45) is -0.384. The number of anilines is 1. The molecular formula is C8H13N5O3. The van der Waals surface area contributed by atoms with Crippen molar-refractivity contribution in [3.8, 4) is 0 Å². The van der Waals surface area contributed by atoms with Gasteiger partial charge in [-0.15, -0.1) is 5.10 Å². The molecule has 1 aromatic rings. The molecule has 2 unspecified atom stereocenters. The van der Waals surface area contributed by atoms with Crippen molar-refractivity contribution in [2.75, 3.05) is 18.8 Å². The van der Waals surface area contributed by atoms with Gasteiger partial charge < -0.3 is 20.8 Å². The quantitative estimate of drug-likeness (QED) is 0.511. The van der Waals surface area contributed by atoms with Crippen LogP contribution >= 0.6 is 0 Å². The van der Waals surface area contributed by atoms with Crippen molar-refractivity contribution in [3.05, 3.63) is 6.33 Å². The van der Waals surface area contributed by atoms with Gasteiger partial charge in [0.25, 0.3) is 0 Å². The second-order valence-corrected chi connectivity index (χ2v) is 3.73. The molecule has 2 atom stereocenters. The molecule has 1 aliphatic rings. The Morgan fingerprint density at radius 2 is 2.12 bits per heavy atom. The van der Waals surface area contributed by atoms with Gasteiger partial charge in [-0.05, 0) is 0 Å². The van der Waals surface area contributed by atoms with Crippen molar-refractivity contribution in [2.45, 2.75) is 18.8 Å². The van der Waals surface area contributed by atoms with Crippen LogP contribution < -0.4 is 5.73 Å². The van der Waals surface area contributed by atoms with E-state index < -0.39 is 12.2 Å². The number of nitrogen functional groups attached to an aromatic ring is 1. The van der Waals surface area contributed by atoms with Crippen LogP contribution in [0.25, 0.3) is 0 Å². The first-order valence-electron chi connectivity index (χ1n) is 4.85. The van der Waals surface area contributed by atoms with Crippen LogP contribution in [-0.4, -0.2) is 61.1 Å². The minimum atomic E-state index is -0.871. The van der Waals surface area contributed by atoms with Gasteiger partial charge in [0.2, 0.25) is 11.9 Å². The zero-order valence-corrected chi connectivity index (χ0v) is 8.52. The fourth-order valence-corrected chi connectivity index (χ4v) is 1.60. The van der Waals surface area contributed by atoms with E-state index in [4.69, 9.17) is 5.73 Å². The number of amides is 1. The van der Waals surface area contributed by atoms with Crippen LogP contribution in [0.4, 0.5) is 5.95 Å². The lowest BCUT2D eigenvalue weighted by molar-refractivity contribution is -0.131. The summed E-state index contributed by atoms with van der Waals surface area (Å²) in [6, 6.07) is 0. The monoisotopic (exact) mass is 227 g/mol. The number of β-amino-alcohol motifs (C(OH)–C–C–N with tert-alkyl or cyclic N) is 2. The summed E-state index contributed by atoms with van der Waals surface area (Å²) in [5.74, 6) is -0.130. The number of nitrogens with zero attached hydrogens (tertiary/aromatic N) is 4. The molecule has 1 saturated heterocycles. The summed E-state index contributed by atoms with van der Waals surface area (Å²) in [4.78, 5) is 16.8. The SMILES string of the molecule is Nc1ncn(CC(=O)N2CC(O)C(O)C2)n1. The summed E-state index contributed by atoms with van der Waals surface area (Å²) >= 11 is 0. The van der Waals surface area contributed by atoms with Gasteiger partial charge in [-0.3, -0.25) is 4.79 Å². The first kappa shape index (κ1) is 10.8. The molecule has 0 spiro atoms. The smallest absolute Gasteiger partial charge is 0.244 e. The zero-order valence-electron chi connectivity index (χ0n) is 8.52. The number of aromatic nitrogens is 3. The molecule has 0 aromatic carbocycles. The average Bonchev–Trinajstić information content (AvgIpc) is 2.75. The molecule has 1 aromatic heterocycles. The minimum absolute atomic E-state index is 0.00361. The predicted octanol–water partition coefficient (Wildman–Crippen LogP) is -2.58. The maximum absolute atomic E-state index is 11.7. The van der Waals surface area contributed by atoms with E-state index in [1.807, 2.05) is 0 Å². The van der Waals surface area contributed by atoms with E-state index in [0.29, 0.717) is 0 Å². The molecule has 2 heterocycles. The Bertz CT molecular complexity index is 383. The molecule has 8 nitrogen and oxygen atoms in total. The summed E-state index contributed by atoms with van der Waals surface area (Å²) in [7, 11) is 0. The van der Waals surface area contributed by atoms with Gasteiger partial charge in [-0.25, -0.2) is 9.67 Å². The van der Waals surface area contributed by atoms with Gasteiger partial charge in [0.15, 0.2) is 0 Å². The highest BCUT2D eigenvalue weighted by molar-refractivity contribution is 5.76. The third-order valence-corrected chi connectivity index (χ3v) is 2.46. The maximum Gasteiger partial charge on any atom is 0.244 e. The van der Waals surface area contributed by atoms with Crippen LogP contribution in [0.3, 0.4) is 0 Å². The summed E-state index contributed by atoms with van der Waals surface area (Å²) < 4.78 is 1.31. The Balaban J connectivity index is 1.94. The van der Waals surface area contributed by atoms with E-state index in [1.54, 1.807) is 0 Å². The fourth-order valence-electron chi connectivity index (χ4n) is 1.60. The van der Waals surface area contributed by atoms with E-state index in [9.17, 15) is 15.0 Å². The van der Waals surface area contributed by atoms with Crippen molar-refractivity contribution in [3.63, 3.8) is 0 Å². The molecule has 0 saturated carbocycles. The van der Waals surface area contributed by atoms with Crippen LogP contribution in [0.1, 0.15) is 0 Å². The van der Waals surface area contributed by atoms with Crippen LogP contribution in [0.15, 0.2) is 6.33 Å². The minimum Gasteiger partial charge on any atom is -0.388 e. The number of aliphatic hydroxyl groups excluding tert-OH is 2. The van der Waals surface area contributed by atoms with Crippen LogP contribution in [0.5, 0.6) is 0 Å². The molecule has 4 N–H and O–H groups in total. The molecule has 1 aliphatic heterocycles. The van der Waals surface area contributed by atoms with Crippen LogP contribution in [0, 0.1) is 0 Å². The van der Waals surface area contributed by atoms with E-state index in [0.717, 1.165) is 0 Å². The lowest BCUT2D eigenvalue weighted by Gasteiger charge is -2.14. The van der Waals surface area contributed by atoms with Gasteiger partial charge >= 0.3 is 0 Å². The summed E-state index contributed by atoms with van der Waals surface area (Å²) in [5.41, 5.74) is 5.30. The number of nitrogens with two attached hydrogens (primary N) is 1. The van der Waals surface area contributed by atoms with E-state index in [1.165, 1.54) is 15.9 Å². The van der Waals surface area contributed by atoms with Gasteiger partial charge in [-0.1, -0.05) is 0 Å². The lowest BCUT2D eigenvalue weighted by Crippen LogP contribution is -2.33. The van der Waals surface area contributed by atoms with Crippen LogP contribution in [-0.2, 0) is 11.3 Å². The van der Waals surface area contributed by atoms with Crippen molar-refractivity contribution in [1.82, 2.24) is 19.7 Å². The number of rotatable bonds is 2. The third kappa shape index (κ3) is 2.12. The molecule has 88 valence electrons. The number of carbonyl (C=O) groups excluding carboxylic acids is 1. The third-order valence-electron chi connectivity index (χ3n) is 2.46. The Hall–Kier alpha value is -1.67. The lowest BCUT2D eigenvalue weighted by atomic mass is 10.3. The first-order chi connectivity index (χ1) is 7.56. The molecule has 0 radical (unpaired) electrons. The molecule has 2 rings (SSSR count). The van der Waals surface area contributed by atoms with Crippen molar-refractivity contribution < 1.29 is 15.0 Å². The van der Waals surface area contributed by atoms with E-state index in [-0.39, 0.29) is 31.5 Å². The second-order valence-electron chi connectivity index (χ2n) is 3.73. The predicted molar refractivity (Wildman–Crippen MR) is 53.0 cm³/mol. The Labute approximate surface area is 91.3 Å². The Kier molecular flexibility index (Phi) is 2.75. The fraction of sp³-hybridized carbons (Fsp3) is 0.625. The van der Waals surface area contributed by atoms with Crippen molar-refractivity contribution in [1.29, 1.82) is 0 Å². The standard InChI is InChI=1S/C8H13N5O3/c9-8-10-4-13(11-8)3-7(16)12-1-5(14)6(15)2-12/h4-6,14-15H,1-3H2,(H2,9,11). The highest BCUT2D eigenvalue weighted by atomic mass is 16.3. The normalized spacial score (nSPS) is 25.0.